The van der Waals surface area contributed by atoms with Crippen molar-refractivity contribution in [3.05, 3.63) is 134 Å². The number of aliphatic hydroxyl groups excluding tert-OH is 5. The van der Waals surface area contributed by atoms with E-state index in [4.69, 9.17) is 9.47 Å². The lowest BCUT2D eigenvalue weighted by atomic mass is 9.99. The van der Waals surface area contributed by atoms with Crippen LogP contribution >= 0.6 is 0 Å². The van der Waals surface area contributed by atoms with Crippen molar-refractivity contribution in [2.24, 2.45) is 0 Å². The largest absolute Gasteiger partial charge is 0.394 e. The van der Waals surface area contributed by atoms with E-state index >= 15 is 0 Å². The normalized spacial score (nSPS) is 18.4. The number of ether oxygens (including phenoxy) is 2. The van der Waals surface area contributed by atoms with Gasteiger partial charge in [-0.3, -0.25) is 4.79 Å². The van der Waals surface area contributed by atoms with Gasteiger partial charge in [0, 0.05) is 6.42 Å². The van der Waals surface area contributed by atoms with Crippen LogP contribution in [0.4, 0.5) is 0 Å². The van der Waals surface area contributed by atoms with Gasteiger partial charge in [-0.05, 0) is 109 Å². The molecule has 0 spiro atoms. The molecule has 7 unspecified atom stereocenters. The van der Waals surface area contributed by atoms with E-state index in [1.54, 1.807) is 6.08 Å². The first kappa shape index (κ1) is 86.3. The lowest BCUT2D eigenvalue weighted by Gasteiger charge is -2.40. The van der Waals surface area contributed by atoms with Gasteiger partial charge >= 0.3 is 0 Å². The zero-order valence-corrected chi connectivity index (χ0v) is 59.3. The summed E-state index contributed by atoms with van der Waals surface area (Å²) in [6.45, 7) is 3.67. The van der Waals surface area contributed by atoms with Crippen molar-refractivity contribution in [1.82, 2.24) is 5.32 Å². The topological polar surface area (TPSA) is 149 Å². The van der Waals surface area contributed by atoms with E-state index in [-0.39, 0.29) is 12.5 Å². The van der Waals surface area contributed by atoms with E-state index in [0.29, 0.717) is 6.42 Å². The molecule has 1 aliphatic heterocycles. The second-order valence-corrected chi connectivity index (χ2v) is 26.0. The third-order valence-electron chi connectivity index (χ3n) is 17.4. The van der Waals surface area contributed by atoms with Gasteiger partial charge in [0.15, 0.2) is 6.29 Å². The van der Waals surface area contributed by atoms with Gasteiger partial charge in [0.2, 0.25) is 5.91 Å². The van der Waals surface area contributed by atoms with Crippen LogP contribution in [0.3, 0.4) is 0 Å². The van der Waals surface area contributed by atoms with E-state index in [2.05, 4.69) is 141 Å². The monoisotopic (exact) mass is 1280 g/mol. The van der Waals surface area contributed by atoms with Crippen molar-refractivity contribution in [2.75, 3.05) is 13.2 Å². The third kappa shape index (κ3) is 57.7. The second-order valence-electron chi connectivity index (χ2n) is 26.0. The molecule has 92 heavy (non-hydrogen) atoms. The maximum Gasteiger partial charge on any atom is 0.220 e. The van der Waals surface area contributed by atoms with Gasteiger partial charge in [-0.25, -0.2) is 0 Å². The van der Waals surface area contributed by atoms with Crippen molar-refractivity contribution in [2.45, 2.75) is 371 Å². The van der Waals surface area contributed by atoms with Crippen LogP contribution in [-0.2, 0) is 14.3 Å². The molecule has 0 radical (unpaired) electrons. The van der Waals surface area contributed by atoms with E-state index in [9.17, 15) is 30.3 Å². The first-order valence-electron chi connectivity index (χ1n) is 38.4. The minimum absolute atomic E-state index is 0.193. The molecule has 0 aromatic carbocycles. The van der Waals surface area contributed by atoms with Crippen LogP contribution in [0.1, 0.15) is 328 Å². The van der Waals surface area contributed by atoms with Crippen LogP contribution in [0.5, 0.6) is 0 Å². The zero-order chi connectivity index (χ0) is 66.4. The Morgan fingerprint density at radius 3 is 1.04 bits per heavy atom. The highest BCUT2D eigenvalue weighted by Crippen LogP contribution is 2.23. The zero-order valence-electron chi connectivity index (χ0n) is 59.3. The Morgan fingerprint density at radius 2 is 0.685 bits per heavy atom. The number of carbonyl (C=O) groups excluding carboxylic acids is 1. The van der Waals surface area contributed by atoms with Crippen molar-refractivity contribution >= 4 is 5.91 Å². The van der Waals surface area contributed by atoms with Gasteiger partial charge in [0.25, 0.3) is 0 Å². The fourth-order valence-electron chi connectivity index (χ4n) is 11.5. The highest BCUT2D eigenvalue weighted by atomic mass is 16.7. The Kier molecular flexibility index (Phi) is 65.8. The summed E-state index contributed by atoms with van der Waals surface area (Å²) in [5.74, 6) is -0.193. The standard InChI is InChI=1S/C83H143NO8/c1-3-5-7-9-11-13-15-17-19-21-23-25-27-29-31-33-35-36-37-38-39-40-41-42-43-45-47-49-51-53-55-57-59-61-63-65-67-69-71-73-79(87)84-76(75-91-83-82(90)81(89)80(88)78(74-85)92-83)77(86)72-70-68-66-64-62-60-58-56-54-52-50-48-46-44-34-32-30-28-26-24-22-20-18-16-14-12-10-8-6-4-2/h5,7,11,13,17,19,23,25,29,31,35-36,38-39,41-42,54,56,62,64,70,72,76-78,80-83,85-86,88-90H,3-4,6,8-10,12,14-16,18,20-22,24,26-28,30,32-34,37,40,43-53,55,57-61,63,65-69,71,73-75H2,1-2H3,(H,84,87)/b7-5-,13-11-,19-17-,25-23-,31-29-,36-35-,39-38-,42-41-,56-54+,64-62+,72-70+. The van der Waals surface area contributed by atoms with Crippen LogP contribution in [0, 0.1) is 0 Å². The first-order chi connectivity index (χ1) is 45.3. The molecule has 0 aromatic heterocycles. The highest BCUT2D eigenvalue weighted by Gasteiger charge is 2.44. The van der Waals surface area contributed by atoms with Gasteiger partial charge in [0.1, 0.15) is 24.4 Å². The molecule has 1 fully saturated rings. The summed E-state index contributed by atoms with van der Waals surface area (Å²) < 4.78 is 11.3. The molecule has 7 atom stereocenters. The van der Waals surface area contributed by atoms with E-state index < -0.39 is 49.5 Å². The van der Waals surface area contributed by atoms with Crippen molar-refractivity contribution in [3.8, 4) is 0 Å². The number of aliphatic hydroxyl groups is 5. The van der Waals surface area contributed by atoms with Crippen LogP contribution < -0.4 is 5.32 Å². The van der Waals surface area contributed by atoms with Gasteiger partial charge in [0.05, 0.1) is 25.4 Å². The molecule has 1 amide bonds. The van der Waals surface area contributed by atoms with E-state index in [0.717, 1.165) is 96.3 Å². The summed E-state index contributed by atoms with van der Waals surface area (Å²) in [5.41, 5.74) is 0. The fraction of sp³-hybridized carbons (Fsp3) is 0.723. The van der Waals surface area contributed by atoms with Crippen LogP contribution in [0.15, 0.2) is 134 Å². The second kappa shape index (κ2) is 70.1. The Balaban J connectivity index is 2.14. The summed E-state index contributed by atoms with van der Waals surface area (Å²) in [7, 11) is 0. The lowest BCUT2D eigenvalue weighted by Crippen LogP contribution is -2.60. The fourth-order valence-corrected chi connectivity index (χ4v) is 11.5. The Hall–Kier alpha value is -3.67. The van der Waals surface area contributed by atoms with Crippen molar-refractivity contribution in [3.63, 3.8) is 0 Å². The van der Waals surface area contributed by atoms with Crippen molar-refractivity contribution in [1.29, 1.82) is 0 Å². The molecule has 0 bridgehead atoms. The summed E-state index contributed by atoms with van der Waals surface area (Å²) in [4.78, 5) is 13.2. The number of allylic oxidation sites excluding steroid dienone is 21. The molecule has 1 saturated heterocycles. The molecule has 1 aliphatic rings. The first-order valence-corrected chi connectivity index (χ1v) is 38.4. The van der Waals surface area contributed by atoms with E-state index in [1.807, 2.05) is 6.08 Å². The Morgan fingerprint density at radius 1 is 0.380 bits per heavy atom. The van der Waals surface area contributed by atoms with Gasteiger partial charge in [-0.1, -0.05) is 347 Å². The maximum atomic E-state index is 13.2. The molecule has 9 heteroatoms. The van der Waals surface area contributed by atoms with Gasteiger partial charge < -0.3 is 40.3 Å². The average molecular weight is 1280 g/mol. The minimum atomic E-state index is -1.58. The molecule has 0 aliphatic carbocycles. The van der Waals surface area contributed by atoms with Crippen LogP contribution in [0.25, 0.3) is 0 Å². The maximum absolute atomic E-state index is 13.2. The number of rotatable bonds is 66. The molecule has 9 nitrogen and oxygen atoms in total. The lowest BCUT2D eigenvalue weighted by molar-refractivity contribution is -0.302. The Labute approximate surface area is 566 Å². The third-order valence-corrected chi connectivity index (χ3v) is 17.4. The summed E-state index contributed by atoms with van der Waals surface area (Å²) in [6.07, 6.45) is 100. The number of hydrogen-bond acceptors (Lipinski definition) is 8. The number of nitrogens with one attached hydrogen (secondary N) is 1. The summed E-state index contributed by atoms with van der Waals surface area (Å²) in [5, 5.41) is 54.8. The smallest absolute Gasteiger partial charge is 0.220 e. The average Bonchev–Trinajstić information content (AvgIpc) is 1.45. The molecule has 0 aromatic rings. The summed E-state index contributed by atoms with van der Waals surface area (Å²) in [6, 6.07) is -0.839. The molecule has 0 saturated carbocycles. The highest BCUT2D eigenvalue weighted by molar-refractivity contribution is 5.76. The quantitative estimate of drug-likeness (QED) is 0.0261. The predicted octanol–water partition coefficient (Wildman–Crippen LogP) is 21.9. The van der Waals surface area contributed by atoms with Crippen molar-refractivity contribution < 1.29 is 39.8 Å². The van der Waals surface area contributed by atoms with Gasteiger partial charge in [-0.2, -0.15) is 0 Å². The Bertz CT molecular complexity index is 1920. The SMILES string of the molecule is CC/C=C\C/C=C\C/C=C\C/C=C\C/C=C\C/C=C\C/C=C\C/C=C\CCCCCCCCCCCCCCCCC(=O)NC(COC1OC(CO)C(O)C(O)C1O)C(O)/C=C/CC/C=C/CC/C=C/CCCCCCCCCCCCCCCCCCCCCC. The molecule has 1 heterocycles. The molecule has 528 valence electrons. The number of hydrogen-bond donors (Lipinski definition) is 6. The predicted molar refractivity (Wildman–Crippen MR) is 396 cm³/mol. The van der Waals surface area contributed by atoms with Gasteiger partial charge in [-0.15, -0.1) is 0 Å². The molecular formula is C83H143NO8. The molecular weight excluding hydrogens is 1140 g/mol. The van der Waals surface area contributed by atoms with E-state index in [1.165, 1.54) is 212 Å². The van der Waals surface area contributed by atoms with Crippen LogP contribution in [-0.4, -0.2) is 87.5 Å². The number of carbonyl (C=O) groups is 1. The summed E-state index contributed by atoms with van der Waals surface area (Å²) >= 11 is 0. The molecule has 1 rings (SSSR count). The number of amides is 1. The molecule has 6 N–H and O–H groups in total. The van der Waals surface area contributed by atoms with Crippen LogP contribution in [0.2, 0.25) is 0 Å². The minimum Gasteiger partial charge on any atom is -0.394 e. The number of unbranched alkanes of at least 4 members (excludes halogenated alkanes) is 36.